The molecule has 0 spiro atoms. The first-order valence-corrected chi connectivity index (χ1v) is 12.9. The first-order chi connectivity index (χ1) is 17.4. The van der Waals surface area contributed by atoms with Gasteiger partial charge in [0.1, 0.15) is 11.6 Å². The number of halogens is 2. The van der Waals surface area contributed by atoms with Gasteiger partial charge in [0.25, 0.3) is 5.78 Å². The number of nitrogens with zero attached hydrogens (tertiary/aromatic N) is 3. The molecule has 1 N–H and O–H groups in total. The van der Waals surface area contributed by atoms with Crippen LogP contribution in [0.5, 0.6) is 0 Å². The molecule has 0 saturated carbocycles. The summed E-state index contributed by atoms with van der Waals surface area (Å²) in [4.78, 5) is 27.6. The minimum absolute atomic E-state index is 0.0941. The second kappa shape index (κ2) is 10.2. The summed E-state index contributed by atoms with van der Waals surface area (Å²) in [5, 5.41) is 20.3. The molecule has 1 aliphatic heterocycles. The molecule has 1 unspecified atom stereocenters. The highest BCUT2D eigenvalue weighted by Gasteiger charge is 2.48. The highest BCUT2D eigenvalue weighted by molar-refractivity contribution is 8.00. The second-order valence-electron chi connectivity index (χ2n) is 7.85. The molecule has 36 heavy (non-hydrogen) atoms. The third kappa shape index (κ3) is 4.77. The predicted octanol–water partition coefficient (Wildman–Crippen LogP) is 6.25. The van der Waals surface area contributed by atoms with Gasteiger partial charge in [0.2, 0.25) is 5.13 Å². The number of ketones is 1. The molecule has 0 aliphatic carbocycles. The van der Waals surface area contributed by atoms with Crippen LogP contribution in [0.15, 0.2) is 88.8 Å². The number of amides is 1. The van der Waals surface area contributed by atoms with Crippen LogP contribution < -0.4 is 4.90 Å². The lowest BCUT2D eigenvalue weighted by molar-refractivity contribution is -0.132. The number of thioether (sulfide) groups is 1. The van der Waals surface area contributed by atoms with Gasteiger partial charge in [-0.1, -0.05) is 89.3 Å². The normalized spacial score (nSPS) is 17.1. The lowest BCUT2D eigenvalue weighted by Gasteiger charge is -2.22. The number of rotatable bonds is 6. The van der Waals surface area contributed by atoms with E-state index in [1.54, 1.807) is 42.5 Å². The molecule has 1 fully saturated rings. The number of aliphatic hydroxyl groups is 1. The Morgan fingerprint density at radius 2 is 1.69 bits per heavy atom. The van der Waals surface area contributed by atoms with Crippen LogP contribution in [0.3, 0.4) is 0 Å². The molecule has 4 aromatic rings. The SMILES string of the molecule is O=C1C(=O)N(c2nnc(SCc3ccc(Cl)cc3)s2)C(c2ccc(F)cc2)/C1=C(/O)c1ccccc1. The van der Waals surface area contributed by atoms with Gasteiger partial charge in [-0.2, -0.15) is 0 Å². The monoisotopic (exact) mass is 537 g/mol. The maximum absolute atomic E-state index is 13.7. The van der Waals surface area contributed by atoms with Gasteiger partial charge >= 0.3 is 5.91 Å². The molecule has 3 aromatic carbocycles. The van der Waals surface area contributed by atoms with Crippen molar-refractivity contribution >= 4 is 57.3 Å². The van der Waals surface area contributed by atoms with Crippen molar-refractivity contribution in [3.8, 4) is 0 Å². The maximum Gasteiger partial charge on any atom is 0.301 e. The van der Waals surface area contributed by atoms with Crippen molar-refractivity contribution in [2.24, 2.45) is 0 Å². The van der Waals surface area contributed by atoms with Crippen LogP contribution in [0.1, 0.15) is 22.7 Å². The highest BCUT2D eigenvalue weighted by Crippen LogP contribution is 2.44. The minimum Gasteiger partial charge on any atom is -0.507 e. The maximum atomic E-state index is 13.7. The molecule has 180 valence electrons. The van der Waals surface area contributed by atoms with E-state index in [-0.39, 0.29) is 16.5 Å². The molecule has 0 radical (unpaired) electrons. The lowest BCUT2D eigenvalue weighted by Crippen LogP contribution is -2.29. The van der Waals surface area contributed by atoms with Crippen LogP contribution in [0.2, 0.25) is 5.02 Å². The highest BCUT2D eigenvalue weighted by atomic mass is 35.5. The number of hydrogen-bond donors (Lipinski definition) is 1. The quantitative estimate of drug-likeness (QED) is 0.103. The summed E-state index contributed by atoms with van der Waals surface area (Å²) >= 11 is 8.53. The first-order valence-electron chi connectivity index (χ1n) is 10.7. The van der Waals surface area contributed by atoms with Crippen molar-refractivity contribution in [2.75, 3.05) is 4.90 Å². The van der Waals surface area contributed by atoms with Crippen LogP contribution in [-0.2, 0) is 15.3 Å². The van der Waals surface area contributed by atoms with Crippen molar-refractivity contribution in [3.05, 3.63) is 112 Å². The van der Waals surface area contributed by atoms with Gasteiger partial charge < -0.3 is 5.11 Å². The Bertz CT molecular complexity index is 1460. The molecule has 0 bridgehead atoms. The Balaban J connectivity index is 1.52. The van der Waals surface area contributed by atoms with Gasteiger partial charge in [0.05, 0.1) is 11.6 Å². The summed E-state index contributed by atoms with van der Waals surface area (Å²) < 4.78 is 14.3. The van der Waals surface area contributed by atoms with E-state index in [4.69, 9.17) is 11.6 Å². The van der Waals surface area contributed by atoms with Crippen molar-refractivity contribution in [1.29, 1.82) is 0 Å². The molecule has 6 nitrogen and oxygen atoms in total. The fraction of sp³-hybridized carbons (Fsp3) is 0.0769. The number of carbonyl (C=O) groups excluding carboxylic acids is 2. The third-order valence-electron chi connectivity index (χ3n) is 5.55. The van der Waals surface area contributed by atoms with Crippen molar-refractivity contribution in [3.63, 3.8) is 0 Å². The molecule has 1 saturated heterocycles. The van der Waals surface area contributed by atoms with E-state index in [9.17, 15) is 19.1 Å². The fourth-order valence-electron chi connectivity index (χ4n) is 3.83. The number of anilines is 1. The van der Waals surface area contributed by atoms with Crippen LogP contribution in [0.25, 0.3) is 5.76 Å². The van der Waals surface area contributed by atoms with E-state index in [0.29, 0.717) is 26.2 Å². The predicted molar refractivity (Wildman–Crippen MR) is 139 cm³/mol. The zero-order chi connectivity index (χ0) is 25.2. The first kappa shape index (κ1) is 24.2. The zero-order valence-corrected chi connectivity index (χ0v) is 20.9. The van der Waals surface area contributed by atoms with E-state index in [1.807, 2.05) is 12.1 Å². The van der Waals surface area contributed by atoms with Crippen molar-refractivity contribution in [2.45, 2.75) is 16.1 Å². The molecule has 5 rings (SSSR count). The number of Topliss-reactive ketones (excluding diaryl/α,β-unsaturated/α-hetero) is 1. The average Bonchev–Trinajstić information content (AvgIpc) is 3.46. The summed E-state index contributed by atoms with van der Waals surface area (Å²) in [7, 11) is 0. The average molecular weight is 538 g/mol. The topological polar surface area (TPSA) is 83.4 Å². The van der Waals surface area contributed by atoms with Gasteiger partial charge in [0, 0.05) is 16.3 Å². The van der Waals surface area contributed by atoms with Gasteiger partial charge in [-0.25, -0.2) is 4.39 Å². The van der Waals surface area contributed by atoms with E-state index in [2.05, 4.69) is 10.2 Å². The lowest BCUT2D eigenvalue weighted by atomic mass is 9.95. The third-order valence-corrected chi connectivity index (χ3v) is 7.93. The fourth-order valence-corrected chi connectivity index (χ4v) is 5.78. The number of carbonyl (C=O) groups is 2. The molecule has 1 atom stereocenters. The minimum atomic E-state index is -0.993. The molecular formula is C26H17ClFN3O3S2. The zero-order valence-electron chi connectivity index (χ0n) is 18.5. The summed E-state index contributed by atoms with van der Waals surface area (Å²) in [6.07, 6.45) is 0. The number of hydrogen-bond acceptors (Lipinski definition) is 7. The standard InChI is InChI=1S/C26H17ClFN3O3S2/c27-18-10-6-15(7-11-18)14-35-26-30-29-25(36-26)31-21(16-8-12-19(28)13-9-16)20(23(33)24(31)34)22(32)17-4-2-1-3-5-17/h1-13,21,32H,14H2/b22-20-. The summed E-state index contributed by atoms with van der Waals surface area (Å²) in [5.41, 5.74) is 1.79. The van der Waals surface area contributed by atoms with Crippen LogP contribution in [-0.4, -0.2) is 27.0 Å². The van der Waals surface area contributed by atoms with Gasteiger partial charge in [-0.3, -0.25) is 14.5 Å². The van der Waals surface area contributed by atoms with Crippen molar-refractivity contribution < 1.29 is 19.1 Å². The Kier molecular flexibility index (Phi) is 6.86. The summed E-state index contributed by atoms with van der Waals surface area (Å²) in [5.74, 6) is -1.85. The van der Waals surface area contributed by atoms with E-state index < -0.39 is 23.5 Å². The molecule has 1 amide bonds. The molecule has 1 aromatic heterocycles. The molecular weight excluding hydrogens is 521 g/mol. The van der Waals surface area contributed by atoms with Gasteiger partial charge in [-0.15, -0.1) is 10.2 Å². The summed E-state index contributed by atoms with van der Waals surface area (Å²) in [6.45, 7) is 0. The molecule has 10 heteroatoms. The van der Waals surface area contributed by atoms with E-state index >= 15 is 0 Å². The van der Waals surface area contributed by atoms with E-state index in [0.717, 1.165) is 16.9 Å². The summed E-state index contributed by atoms with van der Waals surface area (Å²) in [6, 6.07) is 20.4. The Morgan fingerprint density at radius 3 is 2.39 bits per heavy atom. The largest absolute Gasteiger partial charge is 0.507 e. The molecule has 2 heterocycles. The van der Waals surface area contributed by atoms with Crippen LogP contribution >= 0.6 is 34.7 Å². The van der Waals surface area contributed by atoms with Gasteiger partial charge in [0.15, 0.2) is 4.34 Å². The van der Waals surface area contributed by atoms with Crippen molar-refractivity contribution in [1.82, 2.24) is 10.2 Å². The smallest absolute Gasteiger partial charge is 0.301 e. The number of benzene rings is 3. The Hall–Kier alpha value is -3.53. The second-order valence-corrected chi connectivity index (χ2v) is 10.5. The Morgan fingerprint density at radius 1 is 1.00 bits per heavy atom. The number of aromatic nitrogens is 2. The van der Waals surface area contributed by atoms with Crippen LogP contribution in [0, 0.1) is 5.82 Å². The van der Waals surface area contributed by atoms with Crippen LogP contribution in [0.4, 0.5) is 9.52 Å². The van der Waals surface area contributed by atoms with Gasteiger partial charge in [-0.05, 0) is 35.4 Å². The van der Waals surface area contributed by atoms with E-state index in [1.165, 1.54) is 40.9 Å². The molecule has 1 aliphatic rings. The number of aliphatic hydroxyl groups excluding tert-OH is 1. The Labute approximate surface area is 219 Å².